The second kappa shape index (κ2) is 9.67. The Morgan fingerprint density at radius 3 is 2.39 bits per heavy atom. The molecule has 1 N–H and O–H groups in total. The fraction of sp³-hybridized carbons (Fsp3) is 0.143. The molecule has 1 atom stereocenters. The van der Waals surface area contributed by atoms with Crippen molar-refractivity contribution in [2.24, 2.45) is 0 Å². The van der Waals surface area contributed by atoms with Gasteiger partial charge in [-0.05, 0) is 36.8 Å². The molecule has 2 aromatic carbocycles. The molecule has 33 heavy (non-hydrogen) atoms. The number of nitrogens with one attached hydrogen (secondary N) is 1. The first kappa shape index (κ1) is 24.3. The number of alkyl halides is 3. The van der Waals surface area contributed by atoms with Crippen LogP contribution in [0.15, 0.2) is 67.0 Å². The van der Waals surface area contributed by atoms with Crippen LogP contribution in [0.1, 0.15) is 18.6 Å². The highest BCUT2D eigenvalue weighted by Gasteiger charge is 2.48. The molecule has 12 heteroatoms. The highest BCUT2D eigenvalue weighted by Crippen LogP contribution is 2.32. The average molecular weight is 501 g/mol. The van der Waals surface area contributed by atoms with Crippen molar-refractivity contribution in [2.75, 3.05) is 5.32 Å². The highest BCUT2D eigenvalue weighted by atomic mass is 35.5. The van der Waals surface area contributed by atoms with E-state index in [0.717, 1.165) is 12.1 Å². The predicted octanol–water partition coefficient (Wildman–Crippen LogP) is 5.94. The zero-order chi connectivity index (χ0) is 24.2. The van der Waals surface area contributed by atoms with Gasteiger partial charge in [0, 0.05) is 28.5 Å². The maximum absolute atomic E-state index is 12.5. The molecule has 0 spiro atoms. The van der Waals surface area contributed by atoms with Crippen LogP contribution < -0.4 is 9.50 Å². The topological polar surface area (TPSA) is 94.6 Å². The molecule has 0 saturated carbocycles. The lowest BCUT2D eigenvalue weighted by molar-refractivity contribution is -0.0500. The number of ether oxygens (including phenoxy) is 1. The number of amides is 1. The molecule has 7 nitrogen and oxygen atoms in total. The molecular weight excluding hydrogens is 485 g/mol. The molecule has 0 saturated heterocycles. The van der Waals surface area contributed by atoms with E-state index in [9.17, 15) is 26.4 Å². The lowest BCUT2D eigenvalue weighted by Gasteiger charge is -2.16. The normalized spacial score (nSPS) is 12.6. The van der Waals surface area contributed by atoms with Crippen LogP contribution in [0.2, 0.25) is 5.02 Å². The third kappa shape index (κ3) is 5.93. The van der Waals surface area contributed by atoms with E-state index < -0.39 is 33.6 Å². The van der Waals surface area contributed by atoms with Gasteiger partial charge < -0.3 is 8.92 Å². The number of aromatic nitrogens is 1. The number of hydrogen-bond acceptors (Lipinski definition) is 6. The quantitative estimate of drug-likeness (QED) is 0.332. The molecule has 174 valence electrons. The molecule has 1 amide bonds. The van der Waals surface area contributed by atoms with Crippen molar-refractivity contribution in [2.45, 2.75) is 18.5 Å². The average Bonchev–Trinajstić information content (AvgIpc) is 2.74. The number of halogens is 4. The van der Waals surface area contributed by atoms with Crippen LogP contribution in [0.4, 0.5) is 23.7 Å². The third-order valence-electron chi connectivity index (χ3n) is 4.34. The summed E-state index contributed by atoms with van der Waals surface area (Å²) in [6.45, 7) is 1.65. The number of nitrogens with zero attached hydrogens (tertiary/aromatic N) is 1. The minimum absolute atomic E-state index is 0.304. The molecule has 1 aromatic heterocycles. The van der Waals surface area contributed by atoms with Gasteiger partial charge in [-0.15, -0.1) is 0 Å². The molecule has 0 bridgehead atoms. The smallest absolute Gasteiger partial charge is 0.441 e. The summed E-state index contributed by atoms with van der Waals surface area (Å²) in [5.74, 6) is -0.526. The number of rotatable bonds is 6. The Labute approximate surface area is 192 Å². The van der Waals surface area contributed by atoms with Crippen LogP contribution in [0, 0.1) is 0 Å². The Bertz CT molecular complexity index is 1250. The van der Waals surface area contributed by atoms with Crippen LogP contribution in [-0.2, 0) is 14.9 Å². The molecule has 1 unspecified atom stereocenters. The number of benzene rings is 2. The van der Waals surface area contributed by atoms with Gasteiger partial charge in [0.1, 0.15) is 11.9 Å². The van der Waals surface area contributed by atoms with E-state index >= 15 is 0 Å². The second-order valence-corrected chi connectivity index (χ2v) is 8.57. The third-order valence-corrected chi connectivity index (χ3v) is 5.66. The van der Waals surface area contributed by atoms with Crippen molar-refractivity contribution in [3.05, 3.63) is 77.6 Å². The summed E-state index contributed by atoms with van der Waals surface area (Å²) < 4.78 is 69.2. The van der Waals surface area contributed by atoms with Gasteiger partial charge in [0.25, 0.3) is 0 Å². The van der Waals surface area contributed by atoms with Crippen molar-refractivity contribution >= 4 is 33.5 Å². The zero-order valence-corrected chi connectivity index (χ0v) is 18.4. The Hall–Kier alpha value is -3.31. The number of carbonyl (C=O) groups excluding carboxylic acids is 1. The van der Waals surface area contributed by atoms with Crippen molar-refractivity contribution < 1.29 is 35.3 Å². The monoisotopic (exact) mass is 500 g/mol. The summed E-state index contributed by atoms with van der Waals surface area (Å²) in [5.41, 5.74) is -3.79. The molecule has 0 aliphatic rings. The van der Waals surface area contributed by atoms with Crippen LogP contribution in [-0.4, -0.2) is 25.0 Å². The molecule has 0 aliphatic carbocycles. The van der Waals surface area contributed by atoms with Gasteiger partial charge >= 0.3 is 21.7 Å². The SMILES string of the molecule is CC(OC(=O)Nc1ccncc1-c1ccc(OS(=O)(=O)C(F)(F)F)cc1)c1ccccc1Cl. The van der Waals surface area contributed by atoms with Gasteiger partial charge in [0.15, 0.2) is 0 Å². The van der Waals surface area contributed by atoms with Gasteiger partial charge in [-0.3, -0.25) is 10.3 Å². The number of anilines is 1. The molecule has 0 radical (unpaired) electrons. The first-order chi connectivity index (χ1) is 15.5. The van der Waals surface area contributed by atoms with Crippen LogP contribution >= 0.6 is 11.6 Å². The summed E-state index contributed by atoms with van der Waals surface area (Å²) >= 11 is 6.12. The van der Waals surface area contributed by atoms with Crippen LogP contribution in [0.3, 0.4) is 0 Å². The van der Waals surface area contributed by atoms with E-state index in [4.69, 9.17) is 16.3 Å². The number of hydrogen-bond donors (Lipinski definition) is 1. The maximum atomic E-state index is 12.5. The van der Waals surface area contributed by atoms with E-state index in [0.29, 0.717) is 27.4 Å². The molecular formula is C21H16ClF3N2O5S. The van der Waals surface area contributed by atoms with Gasteiger partial charge in [0.2, 0.25) is 0 Å². The van der Waals surface area contributed by atoms with Crippen molar-refractivity contribution in [3.63, 3.8) is 0 Å². The Balaban J connectivity index is 1.75. The summed E-state index contributed by atoms with van der Waals surface area (Å²) in [5, 5.41) is 3.02. The summed E-state index contributed by atoms with van der Waals surface area (Å²) in [6, 6.07) is 13.1. The van der Waals surface area contributed by atoms with Crippen molar-refractivity contribution in [1.29, 1.82) is 0 Å². The first-order valence-corrected chi connectivity index (χ1v) is 11.0. The van der Waals surface area contributed by atoms with Crippen LogP contribution in [0.5, 0.6) is 5.75 Å². The maximum Gasteiger partial charge on any atom is 0.534 e. The standard InChI is InChI=1S/C21H16ClF3N2O5S/c1-13(16-4-2-3-5-18(16)22)31-20(28)27-19-10-11-26-12-17(19)14-6-8-15(9-7-14)32-33(29,30)21(23,24)25/h2-13H,1H3,(H,26,27,28). The number of pyridine rings is 1. The van der Waals surface area contributed by atoms with E-state index in [-0.39, 0.29) is 0 Å². The summed E-state index contributed by atoms with van der Waals surface area (Å²) in [7, 11) is -5.79. The Kier molecular flexibility index (Phi) is 7.13. The predicted molar refractivity (Wildman–Crippen MR) is 115 cm³/mol. The highest BCUT2D eigenvalue weighted by molar-refractivity contribution is 7.88. The summed E-state index contributed by atoms with van der Waals surface area (Å²) in [6.07, 6.45) is 1.42. The Morgan fingerprint density at radius 1 is 1.09 bits per heavy atom. The molecule has 0 aliphatic heterocycles. The number of carbonyl (C=O) groups is 1. The van der Waals surface area contributed by atoms with Crippen molar-refractivity contribution in [1.82, 2.24) is 4.98 Å². The van der Waals surface area contributed by atoms with E-state index in [1.165, 1.54) is 30.6 Å². The fourth-order valence-electron chi connectivity index (χ4n) is 2.77. The lowest BCUT2D eigenvalue weighted by Crippen LogP contribution is -2.28. The molecule has 3 aromatic rings. The lowest BCUT2D eigenvalue weighted by atomic mass is 10.1. The van der Waals surface area contributed by atoms with Crippen molar-refractivity contribution in [3.8, 4) is 16.9 Å². The van der Waals surface area contributed by atoms with E-state index in [2.05, 4.69) is 14.5 Å². The first-order valence-electron chi connectivity index (χ1n) is 9.25. The van der Waals surface area contributed by atoms with Crippen LogP contribution in [0.25, 0.3) is 11.1 Å². The second-order valence-electron chi connectivity index (χ2n) is 6.62. The van der Waals surface area contributed by atoms with E-state index in [1.54, 1.807) is 31.2 Å². The molecule has 0 fully saturated rings. The summed E-state index contributed by atoms with van der Waals surface area (Å²) in [4.78, 5) is 16.4. The Morgan fingerprint density at radius 2 is 1.76 bits per heavy atom. The minimum atomic E-state index is -5.79. The zero-order valence-electron chi connectivity index (χ0n) is 16.8. The fourth-order valence-corrected chi connectivity index (χ4v) is 3.51. The van der Waals surface area contributed by atoms with Gasteiger partial charge in [-0.25, -0.2) is 4.79 Å². The molecule has 3 rings (SSSR count). The van der Waals surface area contributed by atoms with E-state index in [1.807, 2.05) is 0 Å². The molecule has 1 heterocycles. The van der Waals surface area contributed by atoms with Gasteiger partial charge in [0.05, 0.1) is 5.69 Å². The largest absolute Gasteiger partial charge is 0.534 e. The minimum Gasteiger partial charge on any atom is -0.441 e. The van der Waals surface area contributed by atoms with Gasteiger partial charge in [-0.2, -0.15) is 21.6 Å². The van der Waals surface area contributed by atoms with Gasteiger partial charge in [-0.1, -0.05) is 41.9 Å².